The SMILES string of the molecule is CN(C(=O)CSCc1ccc(C#N)cc1)[C@H]1CCc2ccccc21. The molecule has 1 aliphatic carbocycles. The van der Waals surface area contributed by atoms with Crippen molar-refractivity contribution in [2.75, 3.05) is 12.8 Å². The summed E-state index contributed by atoms with van der Waals surface area (Å²) in [6.07, 6.45) is 2.07. The molecule has 1 atom stereocenters. The second-order valence-corrected chi connectivity index (χ2v) is 7.05. The zero-order valence-electron chi connectivity index (χ0n) is 13.7. The van der Waals surface area contributed by atoms with E-state index < -0.39 is 0 Å². The van der Waals surface area contributed by atoms with Crippen LogP contribution in [0.1, 0.15) is 34.7 Å². The molecule has 0 spiro atoms. The van der Waals surface area contributed by atoms with E-state index >= 15 is 0 Å². The first kappa shape index (κ1) is 16.6. The second kappa shape index (κ2) is 7.55. The third-order valence-corrected chi connectivity index (χ3v) is 5.53. The third-order valence-electron chi connectivity index (χ3n) is 4.54. The number of benzene rings is 2. The maximum absolute atomic E-state index is 12.5. The first-order chi connectivity index (χ1) is 11.7. The van der Waals surface area contributed by atoms with Gasteiger partial charge in [0, 0.05) is 12.8 Å². The summed E-state index contributed by atoms with van der Waals surface area (Å²) < 4.78 is 0. The van der Waals surface area contributed by atoms with Gasteiger partial charge in [-0.15, -0.1) is 11.8 Å². The molecule has 3 nitrogen and oxygen atoms in total. The van der Waals surface area contributed by atoms with E-state index in [1.807, 2.05) is 36.2 Å². The third kappa shape index (κ3) is 3.63. The van der Waals surface area contributed by atoms with Crippen LogP contribution in [-0.4, -0.2) is 23.6 Å². The van der Waals surface area contributed by atoms with Crippen LogP contribution in [-0.2, 0) is 17.0 Å². The van der Waals surface area contributed by atoms with Gasteiger partial charge in [0.1, 0.15) is 0 Å². The minimum atomic E-state index is 0.176. The van der Waals surface area contributed by atoms with Gasteiger partial charge in [0.2, 0.25) is 5.91 Å². The Morgan fingerprint density at radius 1 is 1.25 bits per heavy atom. The van der Waals surface area contributed by atoms with Gasteiger partial charge in [-0.1, -0.05) is 36.4 Å². The number of rotatable bonds is 5. The molecular weight excluding hydrogens is 316 g/mol. The van der Waals surface area contributed by atoms with Crippen LogP contribution in [0.3, 0.4) is 0 Å². The van der Waals surface area contributed by atoms with Gasteiger partial charge in [-0.2, -0.15) is 5.26 Å². The van der Waals surface area contributed by atoms with E-state index in [0.717, 1.165) is 24.2 Å². The van der Waals surface area contributed by atoms with Crippen molar-refractivity contribution in [1.82, 2.24) is 4.90 Å². The van der Waals surface area contributed by atoms with Gasteiger partial charge < -0.3 is 4.90 Å². The van der Waals surface area contributed by atoms with Crippen molar-refractivity contribution in [1.29, 1.82) is 5.26 Å². The van der Waals surface area contributed by atoms with Crippen molar-refractivity contribution in [3.8, 4) is 6.07 Å². The lowest BCUT2D eigenvalue weighted by Gasteiger charge is -2.25. The summed E-state index contributed by atoms with van der Waals surface area (Å²) >= 11 is 1.62. The maximum Gasteiger partial charge on any atom is 0.232 e. The number of thioether (sulfide) groups is 1. The van der Waals surface area contributed by atoms with Crippen LogP contribution in [0, 0.1) is 11.3 Å². The van der Waals surface area contributed by atoms with Gasteiger partial charge in [0.25, 0.3) is 0 Å². The quantitative estimate of drug-likeness (QED) is 0.831. The Hall–Kier alpha value is -2.25. The van der Waals surface area contributed by atoms with Crippen molar-refractivity contribution in [2.24, 2.45) is 0 Å². The maximum atomic E-state index is 12.5. The zero-order chi connectivity index (χ0) is 16.9. The van der Waals surface area contributed by atoms with E-state index in [1.54, 1.807) is 11.8 Å². The predicted octanol–water partition coefficient (Wildman–Crippen LogP) is 3.94. The van der Waals surface area contributed by atoms with E-state index in [0.29, 0.717) is 11.3 Å². The molecular formula is C20H20N2OS. The number of aryl methyl sites for hydroxylation is 1. The number of amides is 1. The van der Waals surface area contributed by atoms with Crippen LogP contribution >= 0.6 is 11.8 Å². The van der Waals surface area contributed by atoms with Crippen molar-refractivity contribution < 1.29 is 4.79 Å². The number of hydrogen-bond acceptors (Lipinski definition) is 3. The molecule has 1 amide bonds. The van der Waals surface area contributed by atoms with E-state index in [4.69, 9.17) is 5.26 Å². The van der Waals surface area contributed by atoms with Crippen LogP contribution in [0.15, 0.2) is 48.5 Å². The van der Waals surface area contributed by atoms with Crippen LogP contribution in [0.2, 0.25) is 0 Å². The summed E-state index contributed by atoms with van der Waals surface area (Å²) in [4.78, 5) is 14.4. The smallest absolute Gasteiger partial charge is 0.232 e. The molecule has 2 aromatic carbocycles. The van der Waals surface area contributed by atoms with Gasteiger partial charge in [-0.3, -0.25) is 4.79 Å². The first-order valence-electron chi connectivity index (χ1n) is 8.09. The molecule has 0 saturated heterocycles. The van der Waals surface area contributed by atoms with Gasteiger partial charge in [-0.05, 0) is 41.7 Å². The summed E-state index contributed by atoms with van der Waals surface area (Å²) in [7, 11) is 1.91. The molecule has 0 unspecified atom stereocenters. The first-order valence-corrected chi connectivity index (χ1v) is 9.25. The molecule has 2 aromatic rings. The monoisotopic (exact) mass is 336 g/mol. The Morgan fingerprint density at radius 2 is 2.00 bits per heavy atom. The zero-order valence-corrected chi connectivity index (χ0v) is 14.6. The molecule has 122 valence electrons. The number of nitrogens with zero attached hydrogens (tertiary/aromatic N) is 2. The highest BCUT2D eigenvalue weighted by Gasteiger charge is 2.27. The Kier molecular flexibility index (Phi) is 5.22. The van der Waals surface area contributed by atoms with Crippen molar-refractivity contribution in [2.45, 2.75) is 24.6 Å². The van der Waals surface area contributed by atoms with Crippen LogP contribution < -0.4 is 0 Å². The van der Waals surface area contributed by atoms with Crippen molar-refractivity contribution in [3.05, 3.63) is 70.8 Å². The van der Waals surface area contributed by atoms with Crippen LogP contribution in [0.4, 0.5) is 0 Å². The molecule has 0 aromatic heterocycles. The molecule has 24 heavy (non-hydrogen) atoms. The normalized spacial score (nSPS) is 15.6. The van der Waals surface area contributed by atoms with Crippen LogP contribution in [0.5, 0.6) is 0 Å². The highest BCUT2D eigenvalue weighted by Crippen LogP contribution is 2.35. The summed E-state index contributed by atoms with van der Waals surface area (Å²) in [5.41, 5.74) is 4.47. The average Bonchev–Trinajstić information content (AvgIpc) is 3.05. The lowest BCUT2D eigenvalue weighted by atomic mass is 10.1. The topological polar surface area (TPSA) is 44.1 Å². The summed E-state index contributed by atoms with van der Waals surface area (Å²) in [6.45, 7) is 0. The summed E-state index contributed by atoms with van der Waals surface area (Å²) in [6, 6.07) is 18.3. The highest BCUT2D eigenvalue weighted by atomic mass is 32.2. The Balaban J connectivity index is 1.53. The molecule has 0 heterocycles. The highest BCUT2D eigenvalue weighted by molar-refractivity contribution is 7.99. The molecule has 4 heteroatoms. The van der Waals surface area contributed by atoms with Gasteiger partial charge in [-0.25, -0.2) is 0 Å². The average molecular weight is 336 g/mol. The number of hydrogen-bond donors (Lipinski definition) is 0. The van der Waals surface area contributed by atoms with Gasteiger partial charge in [0.05, 0.1) is 23.4 Å². The minimum absolute atomic E-state index is 0.176. The van der Waals surface area contributed by atoms with Crippen molar-refractivity contribution >= 4 is 17.7 Å². The second-order valence-electron chi connectivity index (χ2n) is 6.06. The lowest BCUT2D eigenvalue weighted by Crippen LogP contribution is -2.31. The number of fused-ring (bicyclic) bond motifs is 1. The standard InChI is InChI=1S/C20H20N2OS/c1-22(19-11-10-17-4-2-3-5-18(17)19)20(23)14-24-13-16-8-6-15(12-21)7-9-16/h2-9,19H,10-11,13-14H2,1H3/t19-/m0/s1. The lowest BCUT2D eigenvalue weighted by molar-refractivity contribution is -0.129. The molecule has 0 aliphatic heterocycles. The van der Waals surface area contributed by atoms with E-state index in [2.05, 4.69) is 30.3 Å². The van der Waals surface area contributed by atoms with E-state index in [1.165, 1.54) is 11.1 Å². The van der Waals surface area contributed by atoms with E-state index in [9.17, 15) is 4.79 Å². The molecule has 0 N–H and O–H groups in total. The van der Waals surface area contributed by atoms with Crippen LogP contribution in [0.25, 0.3) is 0 Å². The minimum Gasteiger partial charge on any atom is -0.338 e. The van der Waals surface area contributed by atoms with E-state index in [-0.39, 0.29) is 11.9 Å². The number of carbonyl (C=O) groups excluding carboxylic acids is 1. The molecule has 1 aliphatic rings. The van der Waals surface area contributed by atoms with Crippen molar-refractivity contribution in [3.63, 3.8) is 0 Å². The summed E-state index contributed by atoms with van der Waals surface area (Å²) in [5, 5.41) is 8.81. The number of nitriles is 1. The Morgan fingerprint density at radius 3 is 2.75 bits per heavy atom. The van der Waals surface area contributed by atoms with Gasteiger partial charge >= 0.3 is 0 Å². The molecule has 0 bridgehead atoms. The largest absolute Gasteiger partial charge is 0.338 e. The Bertz CT molecular complexity index is 764. The fraction of sp³-hybridized carbons (Fsp3) is 0.300. The molecule has 0 radical (unpaired) electrons. The summed E-state index contributed by atoms with van der Waals surface area (Å²) in [5.74, 6) is 1.44. The molecule has 3 rings (SSSR count). The number of carbonyl (C=O) groups is 1. The molecule has 0 fully saturated rings. The molecule has 0 saturated carbocycles. The van der Waals surface area contributed by atoms with Gasteiger partial charge in [0.15, 0.2) is 0 Å². The fourth-order valence-electron chi connectivity index (χ4n) is 3.14. The fourth-order valence-corrected chi connectivity index (χ4v) is 4.05. The predicted molar refractivity (Wildman–Crippen MR) is 97.6 cm³/mol. The Labute approximate surface area is 147 Å².